The summed E-state index contributed by atoms with van der Waals surface area (Å²) in [6.45, 7) is 6.28. The van der Waals surface area contributed by atoms with Crippen LogP contribution in [0.4, 0.5) is 0 Å². The fourth-order valence-electron chi connectivity index (χ4n) is 5.70. The van der Waals surface area contributed by atoms with Gasteiger partial charge in [-0.2, -0.15) is 0 Å². The lowest BCUT2D eigenvalue weighted by Gasteiger charge is -2.17. The Hall–Kier alpha value is -3.28. The van der Waals surface area contributed by atoms with Gasteiger partial charge in [-0.3, -0.25) is 19.2 Å². The highest BCUT2D eigenvalue weighted by molar-refractivity contribution is 6.07. The number of hydrogen-bond donors (Lipinski definition) is 0. The minimum Gasteiger partial charge on any atom is -0.462 e. The Morgan fingerprint density at radius 2 is 1.39 bits per heavy atom. The van der Waals surface area contributed by atoms with Gasteiger partial charge in [-0.1, -0.05) is 88.1 Å². The van der Waals surface area contributed by atoms with E-state index < -0.39 is 0 Å². The van der Waals surface area contributed by atoms with Crippen molar-refractivity contribution in [3.63, 3.8) is 0 Å². The van der Waals surface area contributed by atoms with Crippen LogP contribution < -0.4 is 0 Å². The summed E-state index contributed by atoms with van der Waals surface area (Å²) >= 11 is 0. The number of rotatable bonds is 24. The number of hydrogen-bond acceptors (Lipinski definition) is 6. The Morgan fingerprint density at radius 1 is 0.783 bits per heavy atom. The molecule has 2 aliphatic rings. The molecule has 3 unspecified atom stereocenters. The zero-order valence-corrected chi connectivity index (χ0v) is 28.7. The number of ketones is 2. The van der Waals surface area contributed by atoms with Gasteiger partial charge in [0, 0.05) is 37.2 Å². The third-order valence-corrected chi connectivity index (χ3v) is 8.47. The first-order chi connectivity index (χ1) is 22.4. The van der Waals surface area contributed by atoms with Crippen molar-refractivity contribution in [2.24, 2.45) is 5.92 Å². The highest BCUT2D eigenvalue weighted by atomic mass is 16.5. The van der Waals surface area contributed by atoms with Crippen LogP contribution in [-0.2, 0) is 28.7 Å². The zero-order chi connectivity index (χ0) is 33.4. The van der Waals surface area contributed by atoms with Gasteiger partial charge in [0.15, 0.2) is 11.6 Å². The minimum absolute atomic E-state index is 0.0153. The van der Waals surface area contributed by atoms with Crippen LogP contribution in [0.3, 0.4) is 0 Å². The standard InChI is InChI=1S/C40H58O6/c1-4-7-10-16-24-39(43)46-35(22-14-9-6-3)29-30-36-32(27-31-38(36)42)19-15-11-12-17-25-40(44)45-34(21-13-8-5-2)28-26-33-20-18-23-37(33)41/h4,7,11,15,18,23,26-27,30-32,34-35H,5-6,8-10,12-14,16-17,19-22,24-25,28-29H2,1-3H3/b7-4-,15-11-,33-26+,36-30+. The topological polar surface area (TPSA) is 86.7 Å². The van der Waals surface area contributed by atoms with Gasteiger partial charge in [0.25, 0.3) is 0 Å². The average Bonchev–Trinajstić information content (AvgIpc) is 3.62. The molecule has 6 nitrogen and oxygen atoms in total. The zero-order valence-electron chi connectivity index (χ0n) is 28.7. The largest absolute Gasteiger partial charge is 0.462 e. The average molecular weight is 635 g/mol. The van der Waals surface area contributed by atoms with Gasteiger partial charge in [0.05, 0.1) is 0 Å². The SMILES string of the molecule is C/C=C\CCCC(=O)OC(C/C=C1/C(=O)C=CC1C/C=C\CCCC(=O)OC(C/C=C1\CC=CC1=O)CCCCC)CCCCC. The molecule has 2 aliphatic carbocycles. The van der Waals surface area contributed by atoms with Crippen LogP contribution in [0, 0.1) is 5.92 Å². The predicted molar refractivity (Wildman–Crippen MR) is 186 cm³/mol. The first-order valence-corrected chi connectivity index (χ1v) is 17.8. The van der Waals surface area contributed by atoms with Gasteiger partial charge in [-0.15, -0.1) is 0 Å². The summed E-state index contributed by atoms with van der Waals surface area (Å²) in [5.74, 6) is -0.244. The van der Waals surface area contributed by atoms with E-state index in [0.29, 0.717) is 44.9 Å². The van der Waals surface area contributed by atoms with Crippen LogP contribution in [0.15, 0.2) is 71.9 Å². The Balaban J connectivity index is 1.80. The lowest BCUT2D eigenvalue weighted by Crippen LogP contribution is -2.18. The maximum Gasteiger partial charge on any atom is 0.306 e. The molecule has 0 aliphatic heterocycles. The number of unbranched alkanes of at least 4 members (excludes halogenated alkanes) is 6. The Morgan fingerprint density at radius 3 is 1.96 bits per heavy atom. The summed E-state index contributed by atoms with van der Waals surface area (Å²) in [5, 5.41) is 0. The summed E-state index contributed by atoms with van der Waals surface area (Å²) in [6, 6.07) is 0. The van der Waals surface area contributed by atoms with Crippen LogP contribution in [0.25, 0.3) is 0 Å². The molecule has 0 saturated heterocycles. The van der Waals surface area contributed by atoms with Crippen molar-refractivity contribution < 1.29 is 28.7 Å². The molecule has 0 aromatic rings. The molecule has 0 amide bonds. The second kappa shape index (κ2) is 24.0. The third kappa shape index (κ3) is 16.3. The van der Waals surface area contributed by atoms with Crippen LogP contribution in [0.2, 0.25) is 0 Å². The molecule has 0 spiro atoms. The Bertz CT molecular complexity index is 1130. The molecule has 0 radical (unpaired) electrons. The molecule has 0 bridgehead atoms. The van der Waals surface area contributed by atoms with Gasteiger partial charge in [-0.05, 0) is 88.9 Å². The number of esters is 2. The molecular formula is C40H58O6. The van der Waals surface area contributed by atoms with E-state index >= 15 is 0 Å². The molecule has 0 fully saturated rings. The van der Waals surface area contributed by atoms with E-state index in [-0.39, 0.29) is 41.6 Å². The highest BCUT2D eigenvalue weighted by Crippen LogP contribution is 2.27. The van der Waals surface area contributed by atoms with Gasteiger partial charge < -0.3 is 9.47 Å². The number of carbonyl (C=O) groups is 4. The van der Waals surface area contributed by atoms with Crippen molar-refractivity contribution in [3.05, 3.63) is 71.9 Å². The lowest BCUT2D eigenvalue weighted by molar-refractivity contribution is -0.150. The molecular weight excluding hydrogens is 576 g/mol. The smallest absolute Gasteiger partial charge is 0.306 e. The quantitative estimate of drug-likeness (QED) is 0.0455. The molecule has 0 aromatic carbocycles. The summed E-state index contributed by atoms with van der Waals surface area (Å²) in [6.07, 6.45) is 33.2. The van der Waals surface area contributed by atoms with Gasteiger partial charge in [0.1, 0.15) is 12.2 Å². The fraction of sp³-hybridized carbons (Fsp3) is 0.600. The van der Waals surface area contributed by atoms with Crippen molar-refractivity contribution in [2.75, 3.05) is 0 Å². The van der Waals surface area contributed by atoms with Crippen molar-refractivity contribution in [3.8, 4) is 0 Å². The predicted octanol–water partition coefficient (Wildman–Crippen LogP) is 9.75. The van der Waals surface area contributed by atoms with E-state index in [0.717, 1.165) is 81.8 Å². The van der Waals surface area contributed by atoms with Crippen LogP contribution in [-0.4, -0.2) is 35.7 Å². The maximum absolute atomic E-state index is 12.6. The van der Waals surface area contributed by atoms with Crippen molar-refractivity contribution in [1.82, 2.24) is 0 Å². The molecule has 0 aromatic heterocycles. The van der Waals surface area contributed by atoms with Crippen molar-refractivity contribution in [1.29, 1.82) is 0 Å². The molecule has 0 heterocycles. The van der Waals surface area contributed by atoms with Crippen LogP contribution in [0.1, 0.15) is 136 Å². The molecule has 46 heavy (non-hydrogen) atoms. The van der Waals surface area contributed by atoms with E-state index in [1.807, 2.05) is 37.3 Å². The Kier molecular flexibility index (Phi) is 20.3. The van der Waals surface area contributed by atoms with E-state index in [2.05, 4.69) is 32.1 Å². The number of allylic oxidation sites excluding steroid dienone is 10. The van der Waals surface area contributed by atoms with Gasteiger partial charge in [-0.25, -0.2) is 0 Å². The van der Waals surface area contributed by atoms with Crippen molar-refractivity contribution in [2.45, 2.75) is 149 Å². The van der Waals surface area contributed by atoms with E-state index in [9.17, 15) is 19.2 Å². The lowest BCUT2D eigenvalue weighted by atomic mass is 9.95. The summed E-state index contributed by atoms with van der Waals surface area (Å²) in [5.41, 5.74) is 1.57. The monoisotopic (exact) mass is 634 g/mol. The maximum atomic E-state index is 12.6. The van der Waals surface area contributed by atoms with Gasteiger partial charge in [0.2, 0.25) is 0 Å². The number of ether oxygens (including phenoxy) is 2. The summed E-state index contributed by atoms with van der Waals surface area (Å²) < 4.78 is 11.6. The van der Waals surface area contributed by atoms with E-state index in [1.54, 1.807) is 12.2 Å². The van der Waals surface area contributed by atoms with E-state index in [1.165, 1.54) is 0 Å². The Labute approximate surface area is 278 Å². The normalized spacial score (nSPS) is 19.3. The second-order valence-electron chi connectivity index (χ2n) is 12.4. The molecule has 2 rings (SSSR count). The summed E-state index contributed by atoms with van der Waals surface area (Å²) in [7, 11) is 0. The third-order valence-electron chi connectivity index (χ3n) is 8.47. The van der Waals surface area contributed by atoms with Crippen LogP contribution in [0.5, 0.6) is 0 Å². The minimum atomic E-state index is -0.206. The highest BCUT2D eigenvalue weighted by Gasteiger charge is 2.23. The molecule has 6 heteroatoms. The summed E-state index contributed by atoms with van der Waals surface area (Å²) in [4.78, 5) is 49.5. The molecule has 3 atom stereocenters. The van der Waals surface area contributed by atoms with E-state index in [4.69, 9.17) is 9.47 Å². The first kappa shape index (κ1) is 38.9. The fourth-order valence-corrected chi connectivity index (χ4v) is 5.70. The van der Waals surface area contributed by atoms with Crippen molar-refractivity contribution >= 4 is 23.5 Å². The molecule has 0 N–H and O–H groups in total. The molecule has 0 saturated carbocycles. The van der Waals surface area contributed by atoms with Gasteiger partial charge >= 0.3 is 11.9 Å². The number of carbonyl (C=O) groups excluding carboxylic acids is 4. The second-order valence-corrected chi connectivity index (χ2v) is 12.4. The first-order valence-electron chi connectivity index (χ1n) is 17.8. The molecule has 254 valence electrons. The van der Waals surface area contributed by atoms with Crippen LogP contribution >= 0.6 is 0 Å².